The molecule has 0 aromatic heterocycles. The van der Waals surface area contributed by atoms with Gasteiger partial charge in [-0.1, -0.05) is 42.5 Å². The summed E-state index contributed by atoms with van der Waals surface area (Å²) in [6.07, 6.45) is 6.62. The summed E-state index contributed by atoms with van der Waals surface area (Å²) < 4.78 is 17.1. The highest BCUT2D eigenvalue weighted by Gasteiger charge is 2.22. The molecule has 0 amide bonds. The summed E-state index contributed by atoms with van der Waals surface area (Å²) >= 11 is 0. The van der Waals surface area contributed by atoms with Crippen LogP contribution >= 0.6 is 0 Å². The van der Waals surface area contributed by atoms with Crippen molar-refractivity contribution in [2.75, 3.05) is 20.3 Å². The first kappa shape index (κ1) is 27.4. The second-order valence-corrected chi connectivity index (χ2v) is 9.11. The van der Waals surface area contributed by atoms with Crippen LogP contribution in [-0.4, -0.2) is 49.3 Å². The molecular weight excluding hydrogens is 458 g/mol. The maximum absolute atomic E-state index is 13.1. The van der Waals surface area contributed by atoms with E-state index in [4.69, 9.17) is 14.2 Å². The number of Topliss-reactive ketones (excluding diaryl/α,β-unsaturated/α-hetero) is 1. The predicted molar refractivity (Wildman–Crippen MR) is 139 cm³/mol. The van der Waals surface area contributed by atoms with Crippen LogP contribution in [-0.2, 0) is 16.1 Å². The van der Waals surface area contributed by atoms with Crippen LogP contribution in [0.2, 0.25) is 0 Å². The minimum absolute atomic E-state index is 0.0804. The Labute approximate surface area is 213 Å². The van der Waals surface area contributed by atoms with Gasteiger partial charge in [0.25, 0.3) is 0 Å². The highest BCUT2D eigenvalue weighted by atomic mass is 16.5. The monoisotopic (exact) mass is 495 g/mol. The van der Waals surface area contributed by atoms with E-state index in [0.29, 0.717) is 61.4 Å². The molecule has 2 atom stereocenters. The number of fused-ring (bicyclic) bond motifs is 1. The molecule has 2 unspecified atom stereocenters. The van der Waals surface area contributed by atoms with Gasteiger partial charge in [-0.05, 0) is 49.8 Å². The number of carbonyl (C=O) groups excluding carboxylic acids is 2. The molecule has 0 radical (unpaired) electrons. The molecule has 36 heavy (non-hydrogen) atoms. The number of benzene rings is 2. The quantitative estimate of drug-likeness (QED) is 0.513. The normalized spacial score (nSPS) is 18.0. The third-order valence-electron chi connectivity index (χ3n) is 6.02. The summed E-state index contributed by atoms with van der Waals surface area (Å²) in [4.78, 5) is 25.1. The average molecular weight is 496 g/mol. The molecule has 0 saturated carbocycles. The average Bonchev–Trinajstić information content (AvgIpc) is 2.87. The molecule has 1 aliphatic rings. The van der Waals surface area contributed by atoms with Gasteiger partial charge in [0.15, 0.2) is 0 Å². The molecule has 0 aliphatic carbocycles. The van der Waals surface area contributed by atoms with Crippen LogP contribution in [0.5, 0.6) is 11.5 Å². The van der Waals surface area contributed by atoms with Gasteiger partial charge in [0, 0.05) is 32.0 Å². The first-order chi connectivity index (χ1) is 17.5. The number of allylic oxidation sites excluding steroid dienone is 1. The van der Waals surface area contributed by atoms with Crippen molar-refractivity contribution in [2.24, 2.45) is 0 Å². The molecule has 2 N–H and O–H groups in total. The molecule has 0 saturated heterocycles. The lowest BCUT2D eigenvalue weighted by atomic mass is 10.0. The number of aliphatic hydroxyl groups excluding tert-OH is 1. The summed E-state index contributed by atoms with van der Waals surface area (Å²) in [6, 6.07) is 13.4. The van der Waals surface area contributed by atoms with Gasteiger partial charge in [-0.15, -0.1) is 0 Å². The van der Waals surface area contributed by atoms with E-state index in [0.717, 1.165) is 18.4 Å². The van der Waals surface area contributed by atoms with Crippen molar-refractivity contribution in [2.45, 2.75) is 64.2 Å². The van der Waals surface area contributed by atoms with E-state index >= 15 is 0 Å². The molecule has 0 spiro atoms. The van der Waals surface area contributed by atoms with Crippen LogP contribution in [0, 0.1) is 0 Å². The maximum atomic E-state index is 13.1. The number of aliphatic hydroxyl groups is 1. The summed E-state index contributed by atoms with van der Waals surface area (Å²) in [5, 5.41) is 13.6. The zero-order valence-electron chi connectivity index (χ0n) is 21.2. The lowest BCUT2D eigenvalue weighted by Gasteiger charge is -2.18. The highest BCUT2D eigenvalue weighted by Crippen LogP contribution is 2.31. The predicted octanol–water partition coefficient (Wildman–Crippen LogP) is 4.71. The molecule has 2 aromatic rings. The van der Waals surface area contributed by atoms with E-state index in [1.54, 1.807) is 12.1 Å². The van der Waals surface area contributed by atoms with Crippen LogP contribution in [0.15, 0.2) is 48.5 Å². The first-order valence-electron chi connectivity index (χ1n) is 12.6. The highest BCUT2D eigenvalue weighted by molar-refractivity contribution is 5.97. The molecule has 1 heterocycles. The first-order valence-corrected chi connectivity index (χ1v) is 12.6. The molecular formula is C29H37NO6. The third-order valence-corrected chi connectivity index (χ3v) is 6.02. The van der Waals surface area contributed by atoms with Crippen molar-refractivity contribution in [1.82, 2.24) is 5.32 Å². The van der Waals surface area contributed by atoms with Gasteiger partial charge < -0.3 is 24.6 Å². The van der Waals surface area contributed by atoms with Crippen molar-refractivity contribution in [3.63, 3.8) is 0 Å². The molecule has 194 valence electrons. The van der Waals surface area contributed by atoms with Crippen molar-refractivity contribution < 1.29 is 28.9 Å². The molecule has 7 heteroatoms. The summed E-state index contributed by atoms with van der Waals surface area (Å²) in [7, 11) is 1.50. The Balaban J connectivity index is 1.70. The zero-order valence-corrected chi connectivity index (χ0v) is 21.2. The van der Waals surface area contributed by atoms with Gasteiger partial charge in [0.1, 0.15) is 35.6 Å². The Morgan fingerprint density at radius 3 is 2.69 bits per heavy atom. The number of nitrogens with one attached hydrogen (secondary N) is 1. The van der Waals surface area contributed by atoms with Gasteiger partial charge in [-0.3, -0.25) is 4.79 Å². The number of ether oxygens (including phenoxy) is 3. The van der Waals surface area contributed by atoms with Crippen molar-refractivity contribution in [3.8, 4) is 11.5 Å². The number of methoxy groups -OCH3 is 1. The van der Waals surface area contributed by atoms with Gasteiger partial charge in [0.05, 0.1) is 13.2 Å². The Morgan fingerprint density at radius 2 is 1.92 bits per heavy atom. The standard InChI is InChI=1S/C29H37NO6/c1-21-10-9-15-24(31)14-8-4-7-13-23-16-26(17-27(34-2)28(23)29(33)36-21)35-20-25(32)19-30-18-22-11-5-3-6-12-22/h3,5-7,11-13,16-17,21,25,30,32H,4,8-10,14-15,18-20H2,1-2H3. The minimum Gasteiger partial charge on any atom is -0.496 e. The number of hydrogen-bond acceptors (Lipinski definition) is 7. The molecule has 0 bridgehead atoms. The smallest absolute Gasteiger partial charge is 0.342 e. The molecule has 7 nitrogen and oxygen atoms in total. The SMILES string of the molecule is COc1cc(OCC(O)CNCc2ccccc2)cc2c1C(=O)OC(C)CCCC(=O)CCCC=C2. The number of cyclic esters (lactones) is 1. The van der Waals surface area contributed by atoms with Gasteiger partial charge in [-0.25, -0.2) is 4.79 Å². The van der Waals surface area contributed by atoms with Crippen LogP contribution in [0.3, 0.4) is 0 Å². The van der Waals surface area contributed by atoms with E-state index in [2.05, 4.69) is 5.32 Å². The molecule has 3 rings (SSSR count). The Morgan fingerprint density at radius 1 is 1.14 bits per heavy atom. The third kappa shape index (κ3) is 8.81. The van der Waals surface area contributed by atoms with E-state index in [1.807, 2.05) is 49.4 Å². The lowest BCUT2D eigenvalue weighted by Crippen LogP contribution is -2.31. The van der Waals surface area contributed by atoms with E-state index in [9.17, 15) is 14.7 Å². The van der Waals surface area contributed by atoms with E-state index < -0.39 is 12.1 Å². The number of esters is 1. The van der Waals surface area contributed by atoms with Crippen LogP contribution < -0.4 is 14.8 Å². The minimum atomic E-state index is -0.715. The maximum Gasteiger partial charge on any atom is 0.342 e. The number of rotatable bonds is 8. The Hall–Kier alpha value is -3.16. The fourth-order valence-corrected chi connectivity index (χ4v) is 4.07. The topological polar surface area (TPSA) is 94.1 Å². The van der Waals surface area contributed by atoms with Crippen molar-refractivity contribution >= 4 is 17.8 Å². The van der Waals surface area contributed by atoms with Crippen LogP contribution in [0.25, 0.3) is 6.08 Å². The Bertz CT molecular complexity index is 1020. The fourth-order valence-electron chi connectivity index (χ4n) is 4.07. The van der Waals surface area contributed by atoms with E-state index in [-0.39, 0.29) is 18.5 Å². The number of carbonyl (C=O) groups is 2. The lowest BCUT2D eigenvalue weighted by molar-refractivity contribution is -0.119. The van der Waals surface area contributed by atoms with Crippen molar-refractivity contribution in [1.29, 1.82) is 0 Å². The van der Waals surface area contributed by atoms with Gasteiger partial charge in [-0.2, -0.15) is 0 Å². The van der Waals surface area contributed by atoms with Gasteiger partial charge >= 0.3 is 5.97 Å². The number of hydrogen-bond donors (Lipinski definition) is 2. The summed E-state index contributed by atoms with van der Waals surface area (Å²) in [5.41, 5.74) is 2.09. The fraction of sp³-hybridized carbons (Fsp3) is 0.448. The zero-order chi connectivity index (χ0) is 25.8. The largest absolute Gasteiger partial charge is 0.496 e. The second-order valence-electron chi connectivity index (χ2n) is 9.11. The number of ketones is 1. The molecule has 2 aromatic carbocycles. The Kier molecular flexibility index (Phi) is 11.0. The molecule has 1 aliphatic heterocycles. The van der Waals surface area contributed by atoms with Crippen molar-refractivity contribution in [3.05, 3.63) is 65.2 Å². The second kappa shape index (κ2) is 14.4. The van der Waals surface area contributed by atoms with E-state index in [1.165, 1.54) is 7.11 Å². The summed E-state index contributed by atoms with van der Waals surface area (Å²) in [5.74, 6) is 0.602. The van der Waals surface area contributed by atoms with Crippen LogP contribution in [0.4, 0.5) is 0 Å². The molecule has 0 fully saturated rings. The van der Waals surface area contributed by atoms with Gasteiger partial charge in [0.2, 0.25) is 0 Å². The van der Waals surface area contributed by atoms with Crippen LogP contribution in [0.1, 0.15) is 66.9 Å². The summed E-state index contributed by atoms with van der Waals surface area (Å²) in [6.45, 7) is 2.94.